The Balaban J connectivity index is 1.92. The number of nitrogens with one attached hydrogen (secondary N) is 1. The molecule has 2 nitrogen and oxygen atoms in total. The summed E-state index contributed by atoms with van der Waals surface area (Å²) in [7, 11) is 0. The van der Waals surface area contributed by atoms with Crippen molar-refractivity contribution in [2.45, 2.75) is 45.6 Å². The van der Waals surface area contributed by atoms with Crippen LogP contribution >= 0.6 is 0 Å². The van der Waals surface area contributed by atoms with Gasteiger partial charge in [0.1, 0.15) is 0 Å². The largest absolute Gasteiger partial charge is 0.316 e. The van der Waals surface area contributed by atoms with Gasteiger partial charge >= 0.3 is 0 Å². The van der Waals surface area contributed by atoms with E-state index in [0.717, 1.165) is 17.9 Å². The maximum Gasteiger partial charge on any atom is 0.0121 e. The Bertz CT molecular complexity index is 193. The van der Waals surface area contributed by atoms with Gasteiger partial charge in [0.05, 0.1) is 0 Å². The van der Waals surface area contributed by atoms with Gasteiger partial charge in [-0.05, 0) is 50.7 Å². The monoisotopic (exact) mass is 210 g/mol. The number of nitrogens with zero attached hydrogens (tertiary/aromatic N) is 1. The van der Waals surface area contributed by atoms with E-state index in [1.165, 1.54) is 51.9 Å². The molecule has 2 fully saturated rings. The molecule has 3 atom stereocenters. The summed E-state index contributed by atoms with van der Waals surface area (Å²) in [5, 5.41) is 3.53. The molecular weight excluding hydrogens is 184 g/mol. The minimum atomic E-state index is 0.818. The normalized spacial score (nSPS) is 40.0. The lowest BCUT2D eigenvalue weighted by atomic mass is 10.0. The second-order valence-corrected chi connectivity index (χ2v) is 5.63. The number of hydrogen-bond donors (Lipinski definition) is 1. The predicted octanol–water partition coefficient (Wildman–Crippen LogP) is 2.11. The highest BCUT2D eigenvalue weighted by molar-refractivity contribution is 4.84. The van der Waals surface area contributed by atoms with Crippen LogP contribution in [-0.2, 0) is 0 Å². The van der Waals surface area contributed by atoms with Gasteiger partial charge in [-0.25, -0.2) is 0 Å². The molecule has 1 aliphatic carbocycles. The molecule has 2 heteroatoms. The Morgan fingerprint density at radius 1 is 1.13 bits per heavy atom. The molecule has 1 heterocycles. The minimum absolute atomic E-state index is 0.818. The molecule has 0 aromatic carbocycles. The van der Waals surface area contributed by atoms with Crippen LogP contribution in [0, 0.1) is 11.8 Å². The van der Waals surface area contributed by atoms with E-state index in [1.807, 2.05) is 0 Å². The Morgan fingerprint density at radius 2 is 2.00 bits per heavy atom. The number of hydrogen-bond acceptors (Lipinski definition) is 2. The van der Waals surface area contributed by atoms with Crippen molar-refractivity contribution in [3.05, 3.63) is 0 Å². The third kappa shape index (κ3) is 2.94. The zero-order chi connectivity index (χ0) is 10.7. The summed E-state index contributed by atoms with van der Waals surface area (Å²) in [6.07, 6.45) is 5.68. The second-order valence-electron chi connectivity index (χ2n) is 5.63. The van der Waals surface area contributed by atoms with Crippen LogP contribution in [0.1, 0.15) is 39.5 Å². The van der Waals surface area contributed by atoms with E-state index in [0.29, 0.717) is 0 Å². The molecule has 0 aromatic heterocycles. The highest BCUT2D eigenvalue weighted by atomic mass is 15.2. The smallest absolute Gasteiger partial charge is 0.0121 e. The average molecular weight is 210 g/mol. The maximum absolute atomic E-state index is 3.53. The number of rotatable bonds is 1. The topological polar surface area (TPSA) is 15.3 Å². The molecule has 2 aliphatic rings. The molecule has 88 valence electrons. The quantitative estimate of drug-likeness (QED) is 0.713. The van der Waals surface area contributed by atoms with Crippen LogP contribution in [0.4, 0.5) is 0 Å². The lowest BCUT2D eigenvalue weighted by Crippen LogP contribution is -2.45. The molecule has 0 radical (unpaired) electrons. The van der Waals surface area contributed by atoms with Gasteiger partial charge in [0, 0.05) is 12.6 Å². The first-order chi connectivity index (χ1) is 7.27. The van der Waals surface area contributed by atoms with Crippen molar-refractivity contribution in [1.29, 1.82) is 0 Å². The van der Waals surface area contributed by atoms with Crippen molar-refractivity contribution in [1.82, 2.24) is 10.2 Å². The van der Waals surface area contributed by atoms with E-state index >= 15 is 0 Å². The molecule has 0 spiro atoms. The summed E-state index contributed by atoms with van der Waals surface area (Å²) < 4.78 is 0. The lowest BCUT2D eigenvalue weighted by Gasteiger charge is -2.35. The van der Waals surface area contributed by atoms with Crippen LogP contribution in [0.2, 0.25) is 0 Å². The Kier molecular flexibility index (Phi) is 4.04. The Morgan fingerprint density at radius 3 is 2.73 bits per heavy atom. The predicted molar refractivity (Wildman–Crippen MR) is 65.0 cm³/mol. The van der Waals surface area contributed by atoms with E-state index in [2.05, 4.69) is 24.1 Å². The molecule has 1 saturated heterocycles. The zero-order valence-electron chi connectivity index (χ0n) is 10.3. The summed E-state index contributed by atoms with van der Waals surface area (Å²) in [4.78, 5) is 2.78. The highest BCUT2D eigenvalue weighted by Crippen LogP contribution is 2.30. The summed E-state index contributed by atoms with van der Waals surface area (Å²) in [5.41, 5.74) is 0. The van der Waals surface area contributed by atoms with Crippen LogP contribution in [0.15, 0.2) is 0 Å². The average Bonchev–Trinajstić information content (AvgIpc) is 2.58. The van der Waals surface area contributed by atoms with E-state index in [1.54, 1.807) is 0 Å². The summed E-state index contributed by atoms with van der Waals surface area (Å²) in [6.45, 7) is 9.86. The van der Waals surface area contributed by atoms with E-state index in [9.17, 15) is 0 Å². The van der Waals surface area contributed by atoms with Gasteiger partial charge in [0.2, 0.25) is 0 Å². The minimum Gasteiger partial charge on any atom is -0.316 e. The van der Waals surface area contributed by atoms with Gasteiger partial charge in [-0.2, -0.15) is 0 Å². The highest BCUT2D eigenvalue weighted by Gasteiger charge is 2.29. The zero-order valence-corrected chi connectivity index (χ0v) is 10.3. The molecule has 1 aliphatic heterocycles. The van der Waals surface area contributed by atoms with Crippen LogP contribution in [0.25, 0.3) is 0 Å². The van der Waals surface area contributed by atoms with Crippen molar-refractivity contribution in [2.24, 2.45) is 11.8 Å². The van der Waals surface area contributed by atoms with Gasteiger partial charge in [-0.15, -0.1) is 0 Å². The molecule has 0 aromatic rings. The van der Waals surface area contributed by atoms with Gasteiger partial charge in [0.15, 0.2) is 0 Å². The van der Waals surface area contributed by atoms with Crippen LogP contribution in [-0.4, -0.2) is 37.1 Å². The molecule has 1 saturated carbocycles. The van der Waals surface area contributed by atoms with Crippen LogP contribution in [0.3, 0.4) is 0 Å². The van der Waals surface area contributed by atoms with Gasteiger partial charge in [0.25, 0.3) is 0 Å². The van der Waals surface area contributed by atoms with Crippen molar-refractivity contribution in [3.8, 4) is 0 Å². The third-order valence-electron chi connectivity index (χ3n) is 4.12. The van der Waals surface area contributed by atoms with Crippen LogP contribution in [0.5, 0.6) is 0 Å². The fourth-order valence-electron chi connectivity index (χ4n) is 3.28. The Labute approximate surface area is 94.4 Å². The standard InChI is InChI=1S/C13H26N2/c1-11-9-14-7-4-8-15(10-11)13-6-3-5-12(13)2/h11-14H,3-10H2,1-2H3. The SMILES string of the molecule is CC1CNCCCN(C2CCCC2C)C1. The fraction of sp³-hybridized carbons (Fsp3) is 1.00. The second kappa shape index (κ2) is 5.31. The van der Waals surface area contributed by atoms with Crippen molar-refractivity contribution < 1.29 is 0 Å². The van der Waals surface area contributed by atoms with Crippen molar-refractivity contribution in [3.63, 3.8) is 0 Å². The summed E-state index contributed by atoms with van der Waals surface area (Å²) in [5.74, 6) is 1.75. The fourth-order valence-corrected chi connectivity index (χ4v) is 3.28. The summed E-state index contributed by atoms with van der Waals surface area (Å²) >= 11 is 0. The third-order valence-corrected chi connectivity index (χ3v) is 4.12. The maximum atomic E-state index is 3.53. The molecule has 0 amide bonds. The molecule has 3 unspecified atom stereocenters. The first-order valence-electron chi connectivity index (χ1n) is 6.72. The van der Waals surface area contributed by atoms with E-state index in [-0.39, 0.29) is 0 Å². The molecule has 2 rings (SSSR count). The van der Waals surface area contributed by atoms with Gasteiger partial charge in [-0.3, -0.25) is 4.90 Å². The summed E-state index contributed by atoms with van der Waals surface area (Å²) in [6, 6.07) is 0.894. The molecule has 15 heavy (non-hydrogen) atoms. The van der Waals surface area contributed by atoms with E-state index in [4.69, 9.17) is 0 Å². The van der Waals surface area contributed by atoms with Gasteiger partial charge in [-0.1, -0.05) is 20.3 Å². The molecular formula is C13H26N2. The lowest BCUT2D eigenvalue weighted by molar-refractivity contribution is 0.133. The first-order valence-corrected chi connectivity index (χ1v) is 6.72. The van der Waals surface area contributed by atoms with Crippen LogP contribution < -0.4 is 5.32 Å². The molecule has 1 N–H and O–H groups in total. The molecule has 0 bridgehead atoms. The Hall–Kier alpha value is -0.0800. The van der Waals surface area contributed by atoms with Crippen molar-refractivity contribution in [2.75, 3.05) is 26.2 Å². The van der Waals surface area contributed by atoms with Gasteiger partial charge < -0.3 is 5.32 Å². The first kappa shape index (κ1) is 11.4. The van der Waals surface area contributed by atoms with E-state index < -0.39 is 0 Å². The van der Waals surface area contributed by atoms with Crippen molar-refractivity contribution >= 4 is 0 Å².